The summed E-state index contributed by atoms with van der Waals surface area (Å²) >= 11 is 0.922. The van der Waals surface area contributed by atoms with Gasteiger partial charge in [0.2, 0.25) is 5.91 Å². The summed E-state index contributed by atoms with van der Waals surface area (Å²) in [6, 6.07) is 8.13. The fourth-order valence-electron chi connectivity index (χ4n) is 3.48. The van der Waals surface area contributed by atoms with Crippen molar-refractivity contribution in [3.8, 4) is 0 Å². The predicted octanol–water partition coefficient (Wildman–Crippen LogP) is 3.21. The number of amides is 1. The normalized spacial score (nSPS) is 19.0. The fourth-order valence-corrected chi connectivity index (χ4v) is 4.60. The van der Waals surface area contributed by atoms with E-state index < -0.39 is 28.5 Å². The van der Waals surface area contributed by atoms with Crippen LogP contribution >= 0.6 is 11.8 Å². The number of halogens is 2. The van der Waals surface area contributed by atoms with E-state index in [9.17, 15) is 18.4 Å². The van der Waals surface area contributed by atoms with Crippen LogP contribution in [0.3, 0.4) is 0 Å². The van der Waals surface area contributed by atoms with Crippen LogP contribution in [0, 0.1) is 18.6 Å². The minimum Gasteiger partial charge on any atom is -0.478 e. The molecule has 0 spiro atoms. The molecule has 166 valence electrons. The maximum atomic E-state index is 14.5. The molecule has 1 fully saturated rings. The lowest BCUT2D eigenvalue weighted by Crippen LogP contribution is -2.56. The number of carboxylic acids is 1. The Labute approximate surface area is 183 Å². The van der Waals surface area contributed by atoms with Gasteiger partial charge in [0.1, 0.15) is 16.4 Å². The van der Waals surface area contributed by atoms with Gasteiger partial charge in [-0.3, -0.25) is 9.69 Å². The summed E-state index contributed by atoms with van der Waals surface area (Å²) in [5, 5.41) is 9.02. The summed E-state index contributed by atoms with van der Waals surface area (Å²) in [4.78, 5) is 25.6. The van der Waals surface area contributed by atoms with Gasteiger partial charge < -0.3 is 15.6 Å². The molecule has 2 aromatic carbocycles. The van der Waals surface area contributed by atoms with Crippen molar-refractivity contribution in [1.29, 1.82) is 0 Å². The second kappa shape index (κ2) is 9.33. The molecule has 3 rings (SSSR count). The Balaban J connectivity index is 1.79. The highest BCUT2D eigenvalue weighted by Gasteiger charge is 2.44. The number of nitrogens with two attached hydrogens (primary N) is 1. The number of morpholine rings is 1. The zero-order valence-electron chi connectivity index (χ0n) is 17.2. The van der Waals surface area contributed by atoms with Crippen LogP contribution in [-0.2, 0) is 16.1 Å². The monoisotopic (exact) mass is 450 g/mol. The number of hydrogen-bond acceptors (Lipinski definition) is 5. The number of ether oxygens (including phenoxy) is 1. The molecular formula is C22H24F2N2O4S. The average molecular weight is 451 g/mol. The maximum Gasteiger partial charge on any atom is 0.335 e. The van der Waals surface area contributed by atoms with Crippen LogP contribution in [0.25, 0.3) is 0 Å². The lowest BCUT2D eigenvalue weighted by molar-refractivity contribution is -0.127. The van der Waals surface area contributed by atoms with Crippen LogP contribution in [0.1, 0.15) is 28.4 Å². The molecule has 1 heterocycles. The quantitative estimate of drug-likeness (QED) is 0.630. The number of thioether (sulfide) groups is 1. The number of hydrogen-bond donors (Lipinski definition) is 2. The van der Waals surface area contributed by atoms with E-state index in [0.717, 1.165) is 29.0 Å². The molecule has 31 heavy (non-hydrogen) atoms. The molecule has 2 aromatic rings. The topological polar surface area (TPSA) is 92.9 Å². The summed E-state index contributed by atoms with van der Waals surface area (Å²) in [5.74, 6) is -2.94. The molecule has 1 aliphatic heterocycles. The van der Waals surface area contributed by atoms with Crippen molar-refractivity contribution < 1.29 is 28.2 Å². The van der Waals surface area contributed by atoms with Crippen molar-refractivity contribution in [3.63, 3.8) is 0 Å². The molecule has 0 saturated carbocycles. The Hall–Kier alpha value is -2.49. The molecule has 0 aromatic heterocycles. The number of carbonyl (C=O) groups excluding carboxylic acids is 1. The van der Waals surface area contributed by atoms with Gasteiger partial charge in [0.05, 0.1) is 18.3 Å². The third kappa shape index (κ3) is 5.23. The molecule has 6 nitrogen and oxygen atoms in total. The van der Waals surface area contributed by atoms with Gasteiger partial charge >= 0.3 is 5.97 Å². The maximum absolute atomic E-state index is 14.5. The van der Waals surface area contributed by atoms with E-state index in [2.05, 4.69) is 4.90 Å². The minimum absolute atomic E-state index is 0.112. The lowest BCUT2D eigenvalue weighted by atomic mass is 10.0. The van der Waals surface area contributed by atoms with Crippen molar-refractivity contribution in [3.05, 3.63) is 64.7 Å². The number of benzene rings is 2. The summed E-state index contributed by atoms with van der Waals surface area (Å²) in [6.07, 6.45) is -0.622. The summed E-state index contributed by atoms with van der Waals surface area (Å²) in [7, 11) is 0. The molecule has 0 aliphatic carbocycles. The number of carboxylic acid groups (broad SMARTS) is 1. The van der Waals surface area contributed by atoms with Crippen molar-refractivity contribution >= 4 is 23.6 Å². The first-order chi connectivity index (χ1) is 14.6. The Morgan fingerprint density at radius 1 is 1.29 bits per heavy atom. The third-order valence-electron chi connectivity index (χ3n) is 5.45. The average Bonchev–Trinajstić information content (AvgIpc) is 2.71. The number of primary amides is 1. The molecule has 0 radical (unpaired) electrons. The van der Waals surface area contributed by atoms with Crippen molar-refractivity contribution in [2.24, 2.45) is 5.73 Å². The Morgan fingerprint density at radius 2 is 2.03 bits per heavy atom. The van der Waals surface area contributed by atoms with Gasteiger partial charge in [-0.25, -0.2) is 13.6 Å². The first-order valence-corrected chi connectivity index (χ1v) is 10.5. The highest BCUT2D eigenvalue weighted by Crippen LogP contribution is 2.39. The predicted molar refractivity (Wildman–Crippen MR) is 113 cm³/mol. The third-order valence-corrected chi connectivity index (χ3v) is 6.89. The van der Waals surface area contributed by atoms with Crippen LogP contribution in [0.2, 0.25) is 0 Å². The van der Waals surface area contributed by atoms with Gasteiger partial charge in [-0.1, -0.05) is 6.07 Å². The fraction of sp³-hybridized carbons (Fsp3) is 0.364. The second-order valence-electron chi connectivity index (χ2n) is 7.69. The summed E-state index contributed by atoms with van der Waals surface area (Å²) in [6.45, 7) is 5.33. The molecule has 3 N–H and O–H groups in total. The SMILES string of the molecule is Cc1cc(F)ccc1CN1CCO[C@H](C(C)(Sc2ccc(C(=O)O)cc2F)C(N)=O)C1. The lowest BCUT2D eigenvalue weighted by Gasteiger charge is -2.41. The van der Waals surface area contributed by atoms with Crippen LogP contribution in [-0.4, -0.2) is 52.4 Å². The molecule has 1 unspecified atom stereocenters. The summed E-state index contributed by atoms with van der Waals surface area (Å²) < 4.78 is 32.5. The van der Waals surface area contributed by atoms with Gasteiger partial charge in [-0.2, -0.15) is 0 Å². The zero-order chi connectivity index (χ0) is 22.8. The van der Waals surface area contributed by atoms with Gasteiger partial charge in [0, 0.05) is 24.5 Å². The van der Waals surface area contributed by atoms with Gasteiger partial charge in [0.15, 0.2) is 0 Å². The highest BCUT2D eigenvalue weighted by atomic mass is 32.2. The van der Waals surface area contributed by atoms with E-state index in [1.165, 1.54) is 24.3 Å². The first kappa shape index (κ1) is 23.2. The minimum atomic E-state index is -1.29. The number of aryl methyl sites for hydroxylation is 1. The largest absolute Gasteiger partial charge is 0.478 e. The molecule has 1 amide bonds. The Kier molecular flexibility index (Phi) is 6.98. The molecule has 0 bridgehead atoms. The Morgan fingerprint density at radius 3 is 2.65 bits per heavy atom. The van der Waals surface area contributed by atoms with Crippen LogP contribution in [0.4, 0.5) is 8.78 Å². The van der Waals surface area contributed by atoms with Crippen molar-refractivity contribution in [2.75, 3.05) is 19.7 Å². The number of nitrogens with zero attached hydrogens (tertiary/aromatic N) is 1. The molecule has 2 atom stereocenters. The molecule has 1 aliphatic rings. The van der Waals surface area contributed by atoms with E-state index in [0.29, 0.717) is 26.2 Å². The molecule has 9 heteroatoms. The van der Waals surface area contributed by atoms with Crippen LogP contribution in [0.5, 0.6) is 0 Å². The number of rotatable bonds is 7. The summed E-state index contributed by atoms with van der Waals surface area (Å²) in [5.41, 5.74) is 7.31. The van der Waals surface area contributed by atoms with Crippen LogP contribution in [0.15, 0.2) is 41.3 Å². The standard InChI is InChI=1S/C22H24F2N2O4S/c1-13-9-16(23)5-3-15(13)11-26-7-8-30-19(12-26)22(2,21(25)29)31-18-6-4-14(20(27)28)10-17(18)24/h3-6,9-10,19H,7-8,11-12H2,1-2H3,(H2,25,29)(H,27,28)/t19-,22?/m0/s1. The molecular weight excluding hydrogens is 426 g/mol. The smallest absolute Gasteiger partial charge is 0.335 e. The van der Waals surface area contributed by atoms with E-state index >= 15 is 0 Å². The number of aromatic carboxylic acids is 1. The van der Waals surface area contributed by atoms with E-state index in [1.54, 1.807) is 13.0 Å². The zero-order valence-corrected chi connectivity index (χ0v) is 18.0. The molecule has 1 saturated heterocycles. The van der Waals surface area contributed by atoms with Crippen molar-refractivity contribution in [1.82, 2.24) is 4.90 Å². The van der Waals surface area contributed by atoms with Gasteiger partial charge in [0.25, 0.3) is 0 Å². The van der Waals surface area contributed by atoms with Gasteiger partial charge in [-0.05, 0) is 55.3 Å². The Bertz CT molecular complexity index is 1000. The second-order valence-corrected chi connectivity index (χ2v) is 9.18. The van der Waals surface area contributed by atoms with E-state index in [-0.39, 0.29) is 16.3 Å². The number of carbonyl (C=O) groups is 2. The highest BCUT2D eigenvalue weighted by molar-refractivity contribution is 8.01. The van der Waals surface area contributed by atoms with Crippen LogP contribution < -0.4 is 5.73 Å². The first-order valence-electron chi connectivity index (χ1n) is 9.71. The van der Waals surface area contributed by atoms with E-state index in [4.69, 9.17) is 15.6 Å². The van der Waals surface area contributed by atoms with Crippen molar-refractivity contribution in [2.45, 2.75) is 36.1 Å². The van der Waals surface area contributed by atoms with Gasteiger partial charge in [-0.15, -0.1) is 11.8 Å². The van der Waals surface area contributed by atoms with E-state index in [1.807, 2.05) is 6.92 Å².